The van der Waals surface area contributed by atoms with E-state index in [9.17, 15) is 5.11 Å². The third-order valence-electron chi connectivity index (χ3n) is 3.37. The predicted octanol–water partition coefficient (Wildman–Crippen LogP) is 2.93. The Morgan fingerprint density at radius 3 is 2.65 bits per heavy atom. The highest BCUT2D eigenvalue weighted by Crippen LogP contribution is 2.26. The maximum absolute atomic E-state index is 9.72. The van der Waals surface area contributed by atoms with E-state index in [2.05, 4.69) is 9.88 Å². The van der Waals surface area contributed by atoms with Gasteiger partial charge in [0.25, 0.3) is 0 Å². The maximum Gasteiger partial charge on any atom is 0.129 e. The third kappa shape index (κ3) is 1.93. The number of phenolic OH excluding ortho intramolecular Hbond substituents is 1. The first-order valence-electron chi connectivity index (χ1n) is 6.18. The van der Waals surface area contributed by atoms with Crippen LogP contribution in [-0.2, 0) is 0 Å². The van der Waals surface area contributed by atoms with Crippen molar-refractivity contribution < 1.29 is 5.11 Å². The molecule has 2 heterocycles. The molecule has 0 atom stereocenters. The largest absolute Gasteiger partial charge is 0.507 e. The van der Waals surface area contributed by atoms with Gasteiger partial charge in [-0.25, -0.2) is 4.98 Å². The van der Waals surface area contributed by atoms with E-state index >= 15 is 0 Å². The van der Waals surface area contributed by atoms with Crippen LogP contribution >= 0.6 is 0 Å². The first-order valence-corrected chi connectivity index (χ1v) is 6.18. The van der Waals surface area contributed by atoms with Gasteiger partial charge in [0.05, 0.1) is 5.52 Å². The van der Waals surface area contributed by atoms with Crippen LogP contribution in [0.5, 0.6) is 5.75 Å². The fourth-order valence-electron chi connectivity index (χ4n) is 2.43. The monoisotopic (exact) mass is 228 g/mol. The molecule has 2 aromatic rings. The first kappa shape index (κ1) is 10.4. The molecule has 1 aromatic carbocycles. The van der Waals surface area contributed by atoms with Gasteiger partial charge in [-0.15, -0.1) is 0 Å². The summed E-state index contributed by atoms with van der Waals surface area (Å²) in [4.78, 5) is 6.95. The van der Waals surface area contributed by atoms with Crippen LogP contribution in [0.25, 0.3) is 10.9 Å². The van der Waals surface area contributed by atoms with Gasteiger partial charge in [-0.3, -0.25) is 0 Å². The van der Waals surface area contributed by atoms with Crippen molar-refractivity contribution in [2.75, 3.05) is 18.0 Å². The third-order valence-corrected chi connectivity index (χ3v) is 3.37. The molecular formula is C14H16N2O. The average molecular weight is 228 g/mol. The number of anilines is 1. The Bertz CT molecular complexity index is 533. The Labute approximate surface area is 101 Å². The minimum Gasteiger partial charge on any atom is -0.507 e. The second kappa shape index (κ2) is 4.24. The van der Waals surface area contributed by atoms with E-state index in [0.29, 0.717) is 5.75 Å². The molecular weight excluding hydrogens is 212 g/mol. The van der Waals surface area contributed by atoms with Gasteiger partial charge in [0.1, 0.15) is 11.6 Å². The lowest BCUT2D eigenvalue weighted by Crippen LogP contribution is -2.30. The minimum atomic E-state index is 0.306. The van der Waals surface area contributed by atoms with E-state index < -0.39 is 0 Å². The van der Waals surface area contributed by atoms with Crippen LogP contribution in [0.4, 0.5) is 5.82 Å². The van der Waals surface area contributed by atoms with Gasteiger partial charge in [0.2, 0.25) is 0 Å². The number of aromatic nitrogens is 1. The van der Waals surface area contributed by atoms with Gasteiger partial charge in [0.15, 0.2) is 0 Å². The lowest BCUT2D eigenvalue weighted by molar-refractivity contribution is 0.481. The Balaban J connectivity index is 2.01. The number of hydrogen-bond donors (Lipinski definition) is 1. The number of phenols is 1. The van der Waals surface area contributed by atoms with Crippen LogP contribution < -0.4 is 4.90 Å². The zero-order chi connectivity index (χ0) is 11.7. The molecule has 0 aliphatic carbocycles. The Morgan fingerprint density at radius 1 is 1.00 bits per heavy atom. The summed E-state index contributed by atoms with van der Waals surface area (Å²) in [7, 11) is 0. The van der Waals surface area contributed by atoms with Gasteiger partial charge in [0, 0.05) is 18.5 Å². The van der Waals surface area contributed by atoms with Crippen LogP contribution in [0.1, 0.15) is 19.3 Å². The van der Waals surface area contributed by atoms with Gasteiger partial charge in [-0.1, -0.05) is 6.07 Å². The van der Waals surface area contributed by atoms with Gasteiger partial charge < -0.3 is 10.0 Å². The fraction of sp³-hybridized carbons (Fsp3) is 0.357. The summed E-state index contributed by atoms with van der Waals surface area (Å²) in [5.74, 6) is 1.34. The van der Waals surface area contributed by atoms with E-state index in [0.717, 1.165) is 29.8 Å². The second-order valence-electron chi connectivity index (χ2n) is 4.56. The number of hydrogen-bond acceptors (Lipinski definition) is 3. The SMILES string of the molecule is Oc1cccc2nc(N3CCCCC3)ccc12. The van der Waals surface area contributed by atoms with Crippen molar-refractivity contribution in [2.24, 2.45) is 0 Å². The number of nitrogens with zero attached hydrogens (tertiary/aromatic N) is 2. The number of fused-ring (bicyclic) bond motifs is 1. The summed E-state index contributed by atoms with van der Waals surface area (Å²) in [5.41, 5.74) is 0.869. The quantitative estimate of drug-likeness (QED) is 0.815. The molecule has 0 unspecified atom stereocenters. The molecule has 1 aromatic heterocycles. The Morgan fingerprint density at radius 2 is 1.82 bits per heavy atom. The molecule has 0 bridgehead atoms. The van der Waals surface area contributed by atoms with Crippen molar-refractivity contribution in [3.05, 3.63) is 30.3 Å². The van der Waals surface area contributed by atoms with Crippen molar-refractivity contribution in [1.29, 1.82) is 0 Å². The topological polar surface area (TPSA) is 36.4 Å². The molecule has 17 heavy (non-hydrogen) atoms. The maximum atomic E-state index is 9.72. The van der Waals surface area contributed by atoms with E-state index in [4.69, 9.17) is 0 Å². The normalized spacial score (nSPS) is 16.4. The van der Waals surface area contributed by atoms with Crippen LogP contribution in [0.15, 0.2) is 30.3 Å². The van der Waals surface area contributed by atoms with E-state index in [1.54, 1.807) is 6.07 Å². The predicted molar refractivity (Wildman–Crippen MR) is 69.5 cm³/mol. The molecule has 88 valence electrons. The highest BCUT2D eigenvalue weighted by Gasteiger charge is 2.12. The van der Waals surface area contributed by atoms with Crippen LogP contribution in [-0.4, -0.2) is 23.2 Å². The molecule has 1 saturated heterocycles. The van der Waals surface area contributed by atoms with Crippen molar-refractivity contribution in [1.82, 2.24) is 4.98 Å². The smallest absolute Gasteiger partial charge is 0.129 e. The average Bonchev–Trinajstić information content (AvgIpc) is 2.40. The molecule has 1 fully saturated rings. The van der Waals surface area contributed by atoms with Gasteiger partial charge in [-0.05, 0) is 43.5 Å². The summed E-state index contributed by atoms with van der Waals surface area (Å²) in [6, 6.07) is 9.45. The second-order valence-corrected chi connectivity index (χ2v) is 4.56. The van der Waals surface area contributed by atoms with Crippen molar-refractivity contribution in [2.45, 2.75) is 19.3 Å². The van der Waals surface area contributed by atoms with Crippen molar-refractivity contribution >= 4 is 16.7 Å². The van der Waals surface area contributed by atoms with E-state index in [1.165, 1.54) is 19.3 Å². The van der Waals surface area contributed by atoms with Gasteiger partial charge in [-0.2, -0.15) is 0 Å². The van der Waals surface area contributed by atoms with E-state index in [1.807, 2.05) is 24.3 Å². The molecule has 1 N–H and O–H groups in total. The molecule has 1 aliphatic rings. The van der Waals surface area contributed by atoms with Crippen molar-refractivity contribution in [3.63, 3.8) is 0 Å². The van der Waals surface area contributed by atoms with E-state index in [-0.39, 0.29) is 0 Å². The highest BCUT2D eigenvalue weighted by atomic mass is 16.3. The summed E-state index contributed by atoms with van der Waals surface area (Å²) in [6.07, 6.45) is 3.82. The van der Waals surface area contributed by atoms with Crippen LogP contribution in [0, 0.1) is 0 Å². The summed E-state index contributed by atoms with van der Waals surface area (Å²) in [5, 5.41) is 10.5. The first-order chi connectivity index (χ1) is 8.34. The highest BCUT2D eigenvalue weighted by molar-refractivity contribution is 5.86. The molecule has 1 aliphatic heterocycles. The molecule has 0 spiro atoms. The Kier molecular flexibility index (Phi) is 2.59. The lowest BCUT2D eigenvalue weighted by Gasteiger charge is -2.27. The molecule has 3 heteroatoms. The standard InChI is InChI=1S/C14H16N2O/c17-13-6-4-5-12-11(13)7-8-14(15-12)16-9-2-1-3-10-16/h4-8,17H,1-3,9-10H2. The van der Waals surface area contributed by atoms with Crippen molar-refractivity contribution in [3.8, 4) is 5.75 Å². The Hall–Kier alpha value is -1.77. The molecule has 3 nitrogen and oxygen atoms in total. The molecule has 0 saturated carbocycles. The molecule has 3 rings (SSSR count). The molecule has 0 amide bonds. The number of aromatic hydroxyl groups is 1. The minimum absolute atomic E-state index is 0.306. The summed E-state index contributed by atoms with van der Waals surface area (Å²) < 4.78 is 0. The van der Waals surface area contributed by atoms with Crippen LogP contribution in [0.3, 0.4) is 0 Å². The fourth-order valence-corrected chi connectivity index (χ4v) is 2.43. The summed E-state index contributed by atoms with van der Waals surface area (Å²) in [6.45, 7) is 2.19. The van der Waals surface area contributed by atoms with Crippen LogP contribution in [0.2, 0.25) is 0 Å². The zero-order valence-corrected chi connectivity index (χ0v) is 9.76. The molecule has 0 radical (unpaired) electrons. The number of benzene rings is 1. The zero-order valence-electron chi connectivity index (χ0n) is 9.76. The number of piperidine rings is 1. The lowest BCUT2D eigenvalue weighted by atomic mass is 10.1. The number of pyridine rings is 1. The summed E-state index contributed by atoms with van der Waals surface area (Å²) >= 11 is 0. The van der Waals surface area contributed by atoms with Gasteiger partial charge >= 0.3 is 0 Å². The number of rotatable bonds is 1.